The zero-order valence-electron chi connectivity index (χ0n) is 22.0. The summed E-state index contributed by atoms with van der Waals surface area (Å²) in [6.07, 6.45) is 2.57. The number of halogens is 2. The molecule has 1 fully saturated rings. The van der Waals surface area contributed by atoms with E-state index in [0.29, 0.717) is 30.5 Å². The number of benzene rings is 2. The molecule has 0 aliphatic carbocycles. The molecule has 0 spiro atoms. The molecule has 7 nitrogen and oxygen atoms in total. The van der Waals surface area contributed by atoms with Crippen molar-refractivity contribution in [3.8, 4) is 0 Å². The number of aromatic amines is 1. The van der Waals surface area contributed by atoms with Crippen LogP contribution in [0, 0.1) is 19.7 Å². The van der Waals surface area contributed by atoms with Gasteiger partial charge in [-0.3, -0.25) is 14.1 Å². The highest BCUT2D eigenvalue weighted by atomic mass is 19.1. The SMILES string of the molecule is Cc1cc(CCNc2cc[nH]c(=O)c2C2Nc3cc(N4CCN(CCCF)CC4)cc(C)c3N2)ccc1F. The number of hydrogen-bond donors (Lipinski definition) is 4. The van der Waals surface area contributed by atoms with Crippen LogP contribution in [0.25, 0.3) is 0 Å². The molecular formula is C29H36F2N6O. The number of hydrogen-bond acceptors (Lipinski definition) is 6. The van der Waals surface area contributed by atoms with Crippen LogP contribution in [0.5, 0.6) is 0 Å². The lowest BCUT2D eigenvalue weighted by atomic mass is 10.1. The number of rotatable bonds is 9. The average Bonchev–Trinajstić information content (AvgIpc) is 3.34. The lowest BCUT2D eigenvalue weighted by Crippen LogP contribution is -2.46. The molecule has 3 heterocycles. The van der Waals surface area contributed by atoms with Crippen LogP contribution >= 0.6 is 0 Å². The van der Waals surface area contributed by atoms with Crippen molar-refractivity contribution in [1.29, 1.82) is 0 Å². The number of anilines is 4. The smallest absolute Gasteiger partial charge is 0.257 e. The second kappa shape index (κ2) is 11.4. The van der Waals surface area contributed by atoms with E-state index in [1.807, 2.05) is 12.1 Å². The molecule has 202 valence electrons. The Morgan fingerprint density at radius 1 is 1.03 bits per heavy atom. The number of H-pyrrole nitrogens is 1. The van der Waals surface area contributed by atoms with E-state index in [1.54, 1.807) is 19.2 Å². The number of piperazine rings is 1. The Bertz CT molecular complexity index is 1340. The maximum absolute atomic E-state index is 13.6. The summed E-state index contributed by atoms with van der Waals surface area (Å²) in [5, 5.41) is 10.4. The number of aryl methyl sites for hydroxylation is 2. The molecule has 0 radical (unpaired) electrons. The molecule has 1 atom stereocenters. The second-order valence-corrected chi connectivity index (χ2v) is 10.2. The molecule has 2 aliphatic rings. The molecule has 2 aliphatic heterocycles. The summed E-state index contributed by atoms with van der Waals surface area (Å²) in [5.74, 6) is -0.203. The minimum Gasteiger partial charge on any atom is -0.384 e. The molecule has 1 aromatic heterocycles. The van der Waals surface area contributed by atoms with Crippen molar-refractivity contribution in [2.24, 2.45) is 0 Å². The van der Waals surface area contributed by atoms with Crippen LogP contribution < -0.4 is 26.4 Å². The van der Waals surface area contributed by atoms with E-state index in [4.69, 9.17) is 0 Å². The zero-order valence-corrected chi connectivity index (χ0v) is 22.0. The summed E-state index contributed by atoms with van der Waals surface area (Å²) < 4.78 is 26.1. The number of nitrogens with one attached hydrogen (secondary N) is 4. The van der Waals surface area contributed by atoms with Crippen LogP contribution in [0.4, 0.5) is 31.5 Å². The third-order valence-corrected chi connectivity index (χ3v) is 7.49. The Labute approximate surface area is 222 Å². The lowest BCUT2D eigenvalue weighted by Gasteiger charge is -2.36. The van der Waals surface area contributed by atoms with E-state index in [2.05, 4.69) is 49.8 Å². The fourth-order valence-corrected chi connectivity index (χ4v) is 5.38. The second-order valence-electron chi connectivity index (χ2n) is 10.2. The monoisotopic (exact) mass is 522 g/mol. The predicted octanol–water partition coefficient (Wildman–Crippen LogP) is 4.80. The summed E-state index contributed by atoms with van der Waals surface area (Å²) >= 11 is 0. The van der Waals surface area contributed by atoms with Crippen LogP contribution in [0.1, 0.15) is 34.8 Å². The molecule has 0 saturated carbocycles. The normalized spacial score (nSPS) is 17.2. The van der Waals surface area contributed by atoms with Gasteiger partial charge in [0.05, 0.1) is 23.6 Å². The van der Waals surface area contributed by atoms with E-state index in [-0.39, 0.29) is 24.2 Å². The van der Waals surface area contributed by atoms with Crippen molar-refractivity contribution in [2.45, 2.75) is 32.9 Å². The van der Waals surface area contributed by atoms with E-state index >= 15 is 0 Å². The highest BCUT2D eigenvalue weighted by Gasteiger charge is 2.28. The average molecular weight is 523 g/mol. The summed E-state index contributed by atoms with van der Waals surface area (Å²) in [7, 11) is 0. The Kier molecular flexibility index (Phi) is 7.83. The third-order valence-electron chi connectivity index (χ3n) is 7.49. The summed E-state index contributed by atoms with van der Waals surface area (Å²) in [5.41, 5.74) is 7.10. The molecule has 3 aromatic rings. The van der Waals surface area contributed by atoms with E-state index in [0.717, 1.165) is 66.6 Å². The fourth-order valence-electron chi connectivity index (χ4n) is 5.38. The molecule has 0 bridgehead atoms. The first-order valence-corrected chi connectivity index (χ1v) is 13.3. The number of fused-ring (bicyclic) bond motifs is 1. The minimum absolute atomic E-state index is 0.160. The van der Waals surface area contributed by atoms with Gasteiger partial charge in [-0.05, 0) is 67.6 Å². The Morgan fingerprint density at radius 2 is 1.84 bits per heavy atom. The number of aromatic nitrogens is 1. The molecule has 1 unspecified atom stereocenters. The van der Waals surface area contributed by atoms with Crippen LogP contribution in [0.3, 0.4) is 0 Å². The maximum atomic E-state index is 13.6. The van der Waals surface area contributed by atoms with Crippen LogP contribution in [-0.4, -0.2) is 55.8 Å². The Balaban J connectivity index is 1.28. The largest absolute Gasteiger partial charge is 0.384 e. The molecule has 5 rings (SSSR count). The predicted molar refractivity (Wildman–Crippen MR) is 151 cm³/mol. The van der Waals surface area contributed by atoms with Gasteiger partial charge >= 0.3 is 0 Å². The fraction of sp³-hybridized carbons (Fsp3) is 0.414. The Morgan fingerprint density at radius 3 is 2.61 bits per heavy atom. The van der Waals surface area contributed by atoms with Crippen molar-refractivity contribution < 1.29 is 8.78 Å². The van der Waals surface area contributed by atoms with Crippen LogP contribution in [0.2, 0.25) is 0 Å². The molecule has 4 N–H and O–H groups in total. The van der Waals surface area contributed by atoms with Gasteiger partial charge in [0.1, 0.15) is 12.0 Å². The van der Waals surface area contributed by atoms with Crippen molar-refractivity contribution >= 4 is 22.7 Å². The van der Waals surface area contributed by atoms with Gasteiger partial charge in [0.2, 0.25) is 0 Å². The number of pyridine rings is 1. The summed E-state index contributed by atoms with van der Waals surface area (Å²) in [6, 6.07) is 11.4. The van der Waals surface area contributed by atoms with Crippen molar-refractivity contribution in [1.82, 2.24) is 9.88 Å². The van der Waals surface area contributed by atoms with Crippen molar-refractivity contribution in [2.75, 3.05) is 66.8 Å². The Hall–Kier alpha value is -3.59. The molecule has 2 aromatic carbocycles. The lowest BCUT2D eigenvalue weighted by molar-refractivity contribution is 0.245. The van der Waals surface area contributed by atoms with Crippen molar-refractivity contribution in [3.63, 3.8) is 0 Å². The van der Waals surface area contributed by atoms with Gasteiger partial charge in [0.25, 0.3) is 5.56 Å². The first kappa shape index (κ1) is 26.0. The third kappa shape index (κ3) is 5.62. The van der Waals surface area contributed by atoms with Gasteiger partial charge in [0, 0.05) is 56.8 Å². The van der Waals surface area contributed by atoms with E-state index in [9.17, 15) is 13.6 Å². The molecule has 38 heavy (non-hydrogen) atoms. The van der Waals surface area contributed by atoms with Crippen LogP contribution in [0.15, 0.2) is 47.4 Å². The van der Waals surface area contributed by atoms with Crippen LogP contribution in [-0.2, 0) is 6.42 Å². The first-order valence-electron chi connectivity index (χ1n) is 13.3. The quantitative estimate of drug-likeness (QED) is 0.324. The standard InChI is InChI=1S/C29H36F2N6O/c1-19-16-21(4-5-23(19)31)6-9-32-24-7-10-33-29(38)26(24)28-34-25-18-22(17-20(2)27(25)35-28)37-14-12-36(13-15-37)11-3-8-30/h4-5,7,10,16-18,28,34-35H,3,6,8-9,11-15H2,1-2H3,(H2,32,33,38). The van der Waals surface area contributed by atoms with E-state index < -0.39 is 0 Å². The molecule has 1 saturated heterocycles. The van der Waals surface area contributed by atoms with Gasteiger partial charge in [0.15, 0.2) is 0 Å². The van der Waals surface area contributed by atoms with Crippen molar-refractivity contribution in [3.05, 3.63) is 81.0 Å². The van der Waals surface area contributed by atoms with Gasteiger partial charge in [-0.25, -0.2) is 4.39 Å². The summed E-state index contributed by atoms with van der Waals surface area (Å²) in [4.78, 5) is 20.4. The molecule has 0 amide bonds. The first-order chi connectivity index (χ1) is 18.4. The topological polar surface area (TPSA) is 75.4 Å². The molecule has 9 heteroatoms. The van der Waals surface area contributed by atoms with Gasteiger partial charge in [-0.1, -0.05) is 12.1 Å². The highest BCUT2D eigenvalue weighted by Crippen LogP contribution is 2.41. The summed E-state index contributed by atoms with van der Waals surface area (Å²) in [6.45, 7) is 8.66. The van der Waals surface area contributed by atoms with Gasteiger partial charge in [-0.15, -0.1) is 0 Å². The highest BCUT2D eigenvalue weighted by molar-refractivity contribution is 5.83. The number of nitrogens with zero attached hydrogens (tertiary/aromatic N) is 2. The number of alkyl halides is 1. The van der Waals surface area contributed by atoms with Gasteiger partial charge < -0.3 is 25.8 Å². The van der Waals surface area contributed by atoms with E-state index in [1.165, 1.54) is 6.07 Å². The van der Waals surface area contributed by atoms with Gasteiger partial charge in [-0.2, -0.15) is 0 Å². The minimum atomic E-state index is -0.378. The zero-order chi connectivity index (χ0) is 26.6. The maximum Gasteiger partial charge on any atom is 0.257 e. The molecular weight excluding hydrogens is 486 g/mol.